The predicted octanol–water partition coefficient (Wildman–Crippen LogP) is 3.62. The van der Waals surface area contributed by atoms with Gasteiger partial charge in [-0.25, -0.2) is 4.98 Å². The molecule has 2 aliphatic rings. The highest BCUT2D eigenvalue weighted by Crippen LogP contribution is 2.45. The van der Waals surface area contributed by atoms with Crippen LogP contribution in [0.4, 0.5) is 5.82 Å². The Kier molecular flexibility index (Phi) is 5.77. The van der Waals surface area contributed by atoms with Crippen molar-refractivity contribution in [3.05, 3.63) is 71.9 Å². The summed E-state index contributed by atoms with van der Waals surface area (Å²) in [6, 6.07) is 13.4. The summed E-state index contributed by atoms with van der Waals surface area (Å²) in [4.78, 5) is 40.1. The normalized spacial score (nSPS) is 20.0. The maximum Gasteiger partial charge on any atom is 0.312 e. The molecule has 206 valence electrons. The van der Waals surface area contributed by atoms with Gasteiger partial charge in [-0.1, -0.05) is 41.5 Å². The van der Waals surface area contributed by atoms with E-state index in [1.54, 1.807) is 12.4 Å². The Bertz CT molecular complexity index is 1780. The Morgan fingerprint density at radius 3 is 2.39 bits per heavy atom. The van der Waals surface area contributed by atoms with Gasteiger partial charge < -0.3 is 15.7 Å². The Morgan fingerprint density at radius 2 is 1.76 bits per heavy atom. The van der Waals surface area contributed by atoms with Gasteiger partial charge in [-0.15, -0.1) is 5.10 Å². The van der Waals surface area contributed by atoms with Gasteiger partial charge in [0.2, 0.25) is 5.82 Å². The molecule has 5 aromatic rings. The van der Waals surface area contributed by atoms with Crippen LogP contribution in [0.5, 0.6) is 6.01 Å². The summed E-state index contributed by atoms with van der Waals surface area (Å²) < 4.78 is 1.52. The van der Waals surface area contributed by atoms with Gasteiger partial charge in [-0.2, -0.15) is 9.61 Å². The summed E-state index contributed by atoms with van der Waals surface area (Å²) in [5.74, 6) is -0.279. The van der Waals surface area contributed by atoms with Gasteiger partial charge in [0.25, 0.3) is 5.91 Å². The van der Waals surface area contributed by atoms with Crippen molar-refractivity contribution in [3.8, 4) is 28.4 Å². The van der Waals surface area contributed by atoms with Gasteiger partial charge in [0.15, 0.2) is 11.4 Å². The van der Waals surface area contributed by atoms with E-state index in [4.69, 9.17) is 10.7 Å². The highest BCUT2D eigenvalue weighted by Gasteiger charge is 2.46. The van der Waals surface area contributed by atoms with E-state index in [-0.39, 0.29) is 41.3 Å². The monoisotopic (exact) mass is 549 g/mol. The zero-order chi connectivity index (χ0) is 28.2. The van der Waals surface area contributed by atoms with E-state index >= 15 is 0 Å². The minimum Gasteiger partial charge on any atom is -0.479 e. The van der Waals surface area contributed by atoms with E-state index in [2.05, 4.69) is 25.3 Å². The number of hydrogen-bond donors (Lipinski definition) is 3. The molecule has 1 amide bonds. The van der Waals surface area contributed by atoms with Crippen LogP contribution in [0.3, 0.4) is 0 Å². The zero-order valence-corrected chi connectivity index (χ0v) is 22.2. The molecule has 12 heteroatoms. The number of amides is 1. The first-order chi connectivity index (χ1) is 19.9. The fourth-order valence-corrected chi connectivity index (χ4v) is 6.43. The van der Waals surface area contributed by atoms with E-state index in [0.29, 0.717) is 29.7 Å². The summed E-state index contributed by atoms with van der Waals surface area (Å²) >= 11 is 0. The van der Waals surface area contributed by atoms with Gasteiger partial charge in [-0.05, 0) is 38.7 Å². The van der Waals surface area contributed by atoms with Crippen LogP contribution in [0.2, 0.25) is 0 Å². The molecule has 3 atom stereocenters. The van der Waals surface area contributed by atoms with Crippen molar-refractivity contribution in [1.29, 1.82) is 0 Å². The molecule has 41 heavy (non-hydrogen) atoms. The van der Waals surface area contributed by atoms with Gasteiger partial charge in [0.05, 0.1) is 23.1 Å². The van der Waals surface area contributed by atoms with E-state index in [1.165, 1.54) is 11.4 Å². The molecule has 0 saturated carbocycles. The molecule has 6 heterocycles. The van der Waals surface area contributed by atoms with Crippen LogP contribution < -0.4 is 5.73 Å². The fraction of sp³-hybridized carbons (Fsp3) is 0.276. The molecule has 1 aromatic carbocycles. The van der Waals surface area contributed by atoms with Crippen LogP contribution in [0.15, 0.2) is 54.9 Å². The second kappa shape index (κ2) is 9.51. The van der Waals surface area contributed by atoms with Crippen LogP contribution in [-0.4, -0.2) is 68.5 Å². The summed E-state index contributed by atoms with van der Waals surface area (Å²) in [6.45, 7) is 1.49. The van der Waals surface area contributed by atoms with Crippen molar-refractivity contribution >= 4 is 23.2 Å². The number of anilines is 1. The SMILES string of the molecule is CC(=O)c1c([C@@H]2C[C@H]3CC[C@@H](C2)N3C(=O)c2nnc(O)[nH]2)nc2c(-c3ccc(-c4ccccc4)nc3)cnn2c1N. The van der Waals surface area contributed by atoms with Crippen molar-refractivity contribution in [1.82, 2.24) is 39.7 Å². The number of pyridine rings is 1. The average Bonchev–Trinajstić information content (AvgIpc) is 3.68. The molecule has 2 bridgehead atoms. The molecule has 4 aromatic heterocycles. The molecule has 2 aliphatic heterocycles. The standard InChI is InChI=1S/C29H27N9O3/c1-15(39)23-24(18-11-19-8-9-20(12-18)37(19)28(40)26-34-29(41)36-35-26)33-27-21(14-32-38(27)25(23)30)17-7-10-22(31-13-17)16-5-3-2-4-6-16/h2-7,10,13-14,18-20H,8-9,11-12,30H2,1H3,(H2,34,35,36,41)/t18-,19-,20+. The summed E-state index contributed by atoms with van der Waals surface area (Å²) in [5.41, 5.74) is 11.6. The molecule has 2 fully saturated rings. The first-order valence-electron chi connectivity index (χ1n) is 13.5. The smallest absolute Gasteiger partial charge is 0.312 e. The minimum atomic E-state index is -0.392. The molecule has 0 unspecified atom stereocenters. The summed E-state index contributed by atoms with van der Waals surface area (Å²) in [5, 5.41) is 21.3. The largest absolute Gasteiger partial charge is 0.479 e. The van der Waals surface area contributed by atoms with Crippen LogP contribution in [0, 0.1) is 0 Å². The highest BCUT2D eigenvalue weighted by molar-refractivity contribution is 6.00. The molecular formula is C29H27N9O3. The van der Waals surface area contributed by atoms with Crippen LogP contribution in [0.1, 0.15) is 65.2 Å². The number of nitrogens with zero attached hydrogens (tertiary/aromatic N) is 7. The molecule has 0 aliphatic carbocycles. The number of nitrogens with two attached hydrogens (primary N) is 1. The second-order valence-electron chi connectivity index (χ2n) is 10.7. The number of nitrogen functional groups attached to an aromatic ring is 1. The van der Waals surface area contributed by atoms with E-state index in [0.717, 1.165) is 35.2 Å². The van der Waals surface area contributed by atoms with Gasteiger partial charge in [0, 0.05) is 40.9 Å². The lowest BCUT2D eigenvalue weighted by Gasteiger charge is -2.38. The van der Waals surface area contributed by atoms with E-state index < -0.39 is 6.01 Å². The van der Waals surface area contributed by atoms with Crippen molar-refractivity contribution in [2.75, 3.05) is 5.73 Å². The number of ketones is 1. The average molecular weight is 550 g/mol. The Balaban J connectivity index is 1.25. The maximum absolute atomic E-state index is 13.2. The Hall–Kier alpha value is -5.13. The van der Waals surface area contributed by atoms with Crippen molar-refractivity contribution in [2.24, 2.45) is 0 Å². The number of benzene rings is 1. The highest BCUT2D eigenvalue weighted by atomic mass is 16.3. The first kappa shape index (κ1) is 24.9. The Labute approximate surface area is 234 Å². The molecule has 7 rings (SSSR count). The van der Waals surface area contributed by atoms with Crippen molar-refractivity contribution < 1.29 is 14.7 Å². The third kappa shape index (κ3) is 4.10. The third-order valence-corrected chi connectivity index (χ3v) is 8.24. The number of piperidine rings is 1. The number of Topliss-reactive ketones (excluding diaryl/α,β-unsaturated/α-hetero) is 1. The summed E-state index contributed by atoms with van der Waals surface area (Å²) in [7, 11) is 0. The lowest BCUT2D eigenvalue weighted by molar-refractivity contribution is 0.0555. The van der Waals surface area contributed by atoms with Crippen LogP contribution >= 0.6 is 0 Å². The van der Waals surface area contributed by atoms with E-state index in [1.807, 2.05) is 47.4 Å². The number of H-pyrrole nitrogens is 1. The third-order valence-electron chi connectivity index (χ3n) is 8.24. The molecule has 4 N–H and O–H groups in total. The first-order valence-corrected chi connectivity index (χ1v) is 13.5. The fourth-order valence-electron chi connectivity index (χ4n) is 6.43. The molecule has 0 radical (unpaired) electrons. The number of nitrogens with one attached hydrogen (secondary N) is 1. The quantitative estimate of drug-likeness (QED) is 0.277. The number of hydrogen-bond acceptors (Lipinski definition) is 9. The molecule has 12 nitrogen and oxygen atoms in total. The van der Waals surface area contributed by atoms with Gasteiger partial charge in [-0.3, -0.25) is 19.6 Å². The minimum absolute atomic E-state index is 0.0156. The topological polar surface area (TPSA) is 168 Å². The predicted molar refractivity (Wildman–Crippen MR) is 149 cm³/mol. The number of aromatic hydroxyl groups is 1. The van der Waals surface area contributed by atoms with Crippen LogP contribution in [0.25, 0.3) is 28.0 Å². The number of carbonyl (C=O) groups is 2. The molecule has 2 saturated heterocycles. The van der Waals surface area contributed by atoms with Crippen molar-refractivity contribution in [3.63, 3.8) is 0 Å². The number of rotatable bonds is 5. The number of fused-ring (bicyclic) bond motifs is 3. The second-order valence-corrected chi connectivity index (χ2v) is 10.7. The number of aromatic amines is 1. The molecule has 0 spiro atoms. The Morgan fingerprint density at radius 1 is 1.00 bits per heavy atom. The lowest BCUT2D eigenvalue weighted by Crippen LogP contribution is -2.46. The van der Waals surface area contributed by atoms with Crippen LogP contribution in [-0.2, 0) is 0 Å². The van der Waals surface area contributed by atoms with Crippen molar-refractivity contribution in [2.45, 2.75) is 50.6 Å². The maximum atomic E-state index is 13.2. The molecular weight excluding hydrogens is 522 g/mol. The van der Waals surface area contributed by atoms with Gasteiger partial charge >= 0.3 is 6.01 Å². The zero-order valence-electron chi connectivity index (χ0n) is 22.2. The van der Waals surface area contributed by atoms with E-state index in [9.17, 15) is 14.7 Å². The number of aromatic nitrogens is 7. The number of carbonyl (C=O) groups excluding carboxylic acids is 2. The van der Waals surface area contributed by atoms with Gasteiger partial charge in [0.1, 0.15) is 5.82 Å². The lowest BCUT2D eigenvalue weighted by atomic mass is 9.85. The summed E-state index contributed by atoms with van der Waals surface area (Å²) in [6.07, 6.45) is 6.41.